The van der Waals surface area contributed by atoms with Crippen LogP contribution in [-0.2, 0) is 11.2 Å². The van der Waals surface area contributed by atoms with E-state index >= 15 is 0 Å². The lowest BCUT2D eigenvalue weighted by molar-refractivity contribution is -0.114. The van der Waals surface area contributed by atoms with Crippen LogP contribution in [0.4, 0.5) is 5.69 Å². The number of carboxylic acid groups (broad SMARTS) is 1. The minimum atomic E-state index is -0.993. The van der Waals surface area contributed by atoms with Crippen molar-refractivity contribution in [2.24, 2.45) is 0 Å². The molecule has 0 aliphatic heterocycles. The van der Waals surface area contributed by atoms with Gasteiger partial charge < -0.3 is 15.2 Å². The van der Waals surface area contributed by atoms with Crippen molar-refractivity contribution >= 4 is 29.2 Å². The number of nitrogens with one attached hydrogen (secondary N) is 1. The van der Waals surface area contributed by atoms with E-state index in [0.29, 0.717) is 34.0 Å². The molecule has 0 saturated heterocycles. The lowest BCUT2D eigenvalue weighted by Crippen LogP contribution is -2.08. The number of rotatable bonds is 5. The SMILES string of the molecule is COc1cc(Cl)c(Cc2ccccc2C(=O)O)cc1NC(C)=O. The minimum absolute atomic E-state index is 0.223. The van der Waals surface area contributed by atoms with Gasteiger partial charge in [-0.3, -0.25) is 4.79 Å². The molecule has 6 heteroatoms. The van der Waals surface area contributed by atoms with Crippen molar-refractivity contribution in [3.8, 4) is 5.75 Å². The number of carbonyl (C=O) groups excluding carboxylic acids is 1. The molecule has 2 N–H and O–H groups in total. The summed E-state index contributed by atoms with van der Waals surface area (Å²) in [4.78, 5) is 22.6. The summed E-state index contributed by atoms with van der Waals surface area (Å²) in [6, 6.07) is 10.0. The molecule has 0 radical (unpaired) electrons. The monoisotopic (exact) mass is 333 g/mol. The summed E-state index contributed by atoms with van der Waals surface area (Å²) in [5.41, 5.74) is 2.05. The number of amides is 1. The van der Waals surface area contributed by atoms with E-state index in [4.69, 9.17) is 16.3 Å². The van der Waals surface area contributed by atoms with Crippen LogP contribution in [0, 0.1) is 0 Å². The molecule has 120 valence electrons. The fourth-order valence-corrected chi connectivity index (χ4v) is 2.50. The van der Waals surface area contributed by atoms with E-state index in [-0.39, 0.29) is 11.5 Å². The van der Waals surface area contributed by atoms with Crippen molar-refractivity contribution in [2.75, 3.05) is 12.4 Å². The number of carbonyl (C=O) groups is 2. The second kappa shape index (κ2) is 7.15. The van der Waals surface area contributed by atoms with Crippen molar-refractivity contribution in [3.63, 3.8) is 0 Å². The molecule has 0 aliphatic carbocycles. The average molecular weight is 334 g/mol. The summed E-state index contributed by atoms with van der Waals surface area (Å²) in [7, 11) is 1.48. The molecule has 0 fully saturated rings. The third-order valence-corrected chi connectivity index (χ3v) is 3.66. The van der Waals surface area contributed by atoms with Crippen molar-refractivity contribution in [1.82, 2.24) is 0 Å². The number of benzene rings is 2. The van der Waals surface area contributed by atoms with E-state index in [1.54, 1.807) is 36.4 Å². The van der Waals surface area contributed by atoms with Gasteiger partial charge in [0.1, 0.15) is 5.75 Å². The van der Waals surface area contributed by atoms with E-state index in [0.717, 1.165) is 0 Å². The highest BCUT2D eigenvalue weighted by atomic mass is 35.5. The summed E-state index contributed by atoms with van der Waals surface area (Å²) < 4.78 is 5.20. The Morgan fingerprint density at radius 3 is 2.52 bits per heavy atom. The van der Waals surface area contributed by atoms with Crippen LogP contribution in [0.5, 0.6) is 5.75 Å². The molecule has 0 atom stereocenters. The van der Waals surface area contributed by atoms with Crippen LogP contribution in [0.1, 0.15) is 28.4 Å². The Bertz CT molecular complexity index is 758. The largest absolute Gasteiger partial charge is 0.495 e. The van der Waals surface area contributed by atoms with Crippen LogP contribution in [0.15, 0.2) is 36.4 Å². The minimum Gasteiger partial charge on any atom is -0.495 e. The zero-order chi connectivity index (χ0) is 17.0. The first-order valence-corrected chi connectivity index (χ1v) is 7.25. The van der Waals surface area contributed by atoms with Gasteiger partial charge >= 0.3 is 5.97 Å². The zero-order valence-corrected chi connectivity index (χ0v) is 13.5. The fourth-order valence-electron chi connectivity index (χ4n) is 2.28. The molecule has 0 bridgehead atoms. The fraction of sp³-hybridized carbons (Fsp3) is 0.176. The Kier molecular flexibility index (Phi) is 5.24. The topological polar surface area (TPSA) is 75.6 Å². The van der Waals surface area contributed by atoms with Gasteiger partial charge in [0.15, 0.2) is 0 Å². The standard InChI is InChI=1S/C17H16ClNO4/c1-10(20)19-15-8-12(14(18)9-16(15)23-2)7-11-5-3-4-6-13(11)17(21)22/h3-6,8-9H,7H2,1-2H3,(H,19,20)(H,21,22). The Hall–Kier alpha value is -2.53. The molecule has 0 aliphatic rings. The van der Waals surface area contributed by atoms with Crippen molar-refractivity contribution in [2.45, 2.75) is 13.3 Å². The van der Waals surface area contributed by atoms with E-state index in [9.17, 15) is 14.7 Å². The number of anilines is 1. The van der Waals surface area contributed by atoms with Gasteiger partial charge in [-0.05, 0) is 29.7 Å². The predicted molar refractivity (Wildman–Crippen MR) is 88.5 cm³/mol. The molecular weight excluding hydrogens is 318 g/mol. The van der Waals surface area contributed by atoms with E-state index in [2.05, 4.69) is 5.32 Å². The van der Waals surface area contributed by atoms with Gasteiger partial charge in [0, 0.05) is 18.0 Å². The van der Waals surface area contributed by atoms with Crippen molar-refractivity contribution in [1.29, 1.82) is 0 Å². The number of methoxy groups -OCH3 is 1. The van der Waals surface area contributed by atoms with Crippen LogP contribution >= 0.6 is 11.6 Å². The molecule has 2 rings (SSSR count). The van der Waals surface area contributed by atoms with Crippen LogP contribution in [0.2, 0.25) is 5.02 Å². The maximum atomic E-state index is 11.3. The summed E-state index contributed by atoms with van der Waals surface area (Å²) in [6.07, 6.45) is 0.331. The quantitative estimate of drug-likeness (QED) is 0.876. The molecule has 0 aromatic heterocycles. The maximum absolute atomic E-state index is 11.3. The molecule has 1 amide bonds. The molecular formula is C17H16ClNO4. The Balaban J connectivity index is 2.44. The highest BCUT2D eigenvalue weighted by Gasteiger charge is 2.14. The van der Waals surface area contributed by atoms with Gasteiger partial charge in [0.25, 0.3) is 0 Å². The molecule has 2 aromatic carbocycles. The number of hydrogen-bond acceptors (Lipinski definition) is 3. The van der Waals surface area contributed by atoms with Gasteiger partial charge in [-0.15, -0.1) is 0 Å². The molecule has 2 aromatic rings. The number of halogens is 1. The molecule has 0 unspecified atom stereocenters. The maximum Gasteiger partial charge on any atom is 0.335 e. The van der Waals surface area contributed by atoms with Crippen molar-refractivity contribution < 1.29 is 19.4 Å². The van der Waals surface area contributed by atoms with E-state index in [1.165, 1.54) is 14.0 Å². The van der Waals surface area contributed by atoms with Crippen LogP contribution in [0.25, 0.3) is 0 Å². The van der Waals surface area contributed by atoms with Crippen molar-refractivity contribution in [3.05, 3.63) is 58.1 Å². The highest BCUT2D eigenvalue weighted by Crippen LogP contribution is 2.33. The predicted octanol–water partition coefficient (Wildman–Crippen LogP) is 3.60. The zero-order valence-electron chi connectivity index (χ0n) is 12.7. The summed E-state index contributed by atoms with van der Waals surface area (Å²) in [5, 5.41) is 12.4. The number of carboxylic acids is 1. The normalized spacial score (nSPS) is 10.2. The van der Waals surface area contributed by atoms with Gasteiger partial charge in [-0.2, -0.15) is 0 Å². The van der Waals surface area contributed by atoms with Crippen LogP contribution < -0.4 is 10.1 Å². The summed E-state index contributed by atoms with van der Waals surface area (Å²) in [5.74, 6) is -0.782. The summed E-state index contributed by atoms with van der Waals surface area (Å²) >= 11 is 6.26. The third-order valence-electron chi connectivity index (χ3n) is 3.31. The Labute approximate surface area is 138 Å². The first-order valence-electron chi connectivity index (χ1n) is 6.87. The second-order valence-corrected chi connectivity index (χ2v) is 5.37. The van der Waals surface area contributed by atoms with Gasteiger partial charge in [-0.1, -0.05) is 29.8 Å². The lowest BCUT2D eigenvalue weighted by atomic mass is 9.99. The smallest absolute Gasteiger partial charge is 0.335 e. The molecule has 0 heterocycles. The third kappa shape index (κ3) is 4.02. The first-order chi connectivity index (χ1) is 10.9. The van der Waals surface area contributed by atoms with Crippen LogP contribution in [-0.4, -0.2) is 24.1 Å². The molecule has 5 nitrogen and oxygen atoms in total. The number of hydrogen-bond donors (Lipinski definition) is 2. The second-order valence-electron chi connectivity index (χ2n) is 4.96. The highest BCUT2D eigenvalue weighted by molar-refractivity contribution is 6.31. The van der Waals surface area contributed by atoms with Gasteiger partial charge in [0.2, 0.25) is 5.91 Å². The average Bonchev–Trinajstić information content (AvgIpc) is 2.50. The first kappa shape index (κ1) is 16.8. The summed E-state index contributed by atoms with van der Waals surface area (Å²) in [6.45, 7) is 1.40. The number of ether oxygens (including phenoxy) is 1. The van der Waals surface area contributed by atoms with E-state index < -0.39 is 5.97 Å². The lowest BCUT2D eigenvalue weighted by Gasteiger charge is -2.14. The Morgan fingerprint density at radius 2 is 1.91 bits per heavy atom. The molecule has 0 saturated carbocycles. The van der Waals surface area contributed by atoms with E-state index in [1.807, 2.05) is 0 Å². The van der Waals surface area contributed by atoms with Gasteiger partial charge in [0.05, 0.1) is 18.4 Å². The van der Waals surface area contributed by atoms with Crippen LogP contribution in [0.3, 0.4) is 0 Å². The van der Waals surface area contributed by atoms with Gasteiger partial charge in [-0.25, -0.2) is 4.79 Å². The molecule has 23 heavy (non-hydrogen) atoms. The molecule has 0 spiro atoms. The number of aromatic carboxylic acids is 1. The Morgan fingerprint density at radius 1 is 1.22 bits per heavy atom.